The summed E-state index contributed by atoms with van der Waals surface area (Å²) in [6, 6.07) is 3.77. The fourth-order valence-electron chi connectivity index (χ4n) is 2.13. The first-order valence-electron chi connectivity index (χ1n) is 5.46. The Kier molecular flexibility index (Phi) is 3.21. The number of hydrogen-bond acceptors (Lipinski definition) is 2. The zero-order chi connectivity index (χ0) is 11.6. The summed E-state index contributed by atoms with van der Waals surface area (Å²) in [5.74, 6) is -1.71. The number of benzene rings is 1. The molecule has 1 unspecified atom stereocenters. The number of nitrogens with one attached hydrogen (secondary N) is 1. The van der Waals surface area contributed by atoms with Crippen LogP contribution in [-0.4, -0.2) is 23.8 Å². The van der Waals surface area contributed by atoms with Crippen LogP contribution in [0.2, 0.25) is 0 Å². The fourth-order valence-corrected chi connectivity index (χ4v) is 2.13. The van der Waals surface area contributed by atoms with Gasteiger partial charge in [-0.05, 0) is 37.1 Å². The summed E-state index contributed by atoms with van der Waals surface area (Å²) >= 11 is 0. The van der Waals surface area contributed by atoms with Crippen LogP contribution in [0, 0.1) is 11.6 Å². The zero-order valence-corrected chi connectivity index (χ0v) is 8.97. The van der Waals surface area contributed by atoms with Crippen LogP contribution in [0.5, 0.6) is 0 Å². The number of hydrogen-bond donors (Lipinski definition) is 2. The van der Waals surface area contributed by atoms with Crippen molar-refractivity contribution in [3.8, 4) is 0 Å². The van der Waals surface area contributed by atoms with Crippen molar-refractivity contribution < 1.29 is 13.9 Å². The summed E-state index contributed by atoms with van der Waals surface area (Å²) in [7, 11) is 0. The van der Waals surface area contributed by atoms with E-state index >= 15 is 0 Å². The Balaban J connectivity index is 2.10. The summed E-state index contributed by atoms with van der Waals surface area (Å²) in [5, 5.41) is 13.3. The molecule has 1 saturated heterocycles. The summed E-state index contributed by atoms with van der Waals surface area (Å²) < 4.78 is 25.7. The van der Waals surface area contributed by atoms with E-state index in [1.54, 1.807) is 0 Å². The van der Waals surface area contributed by atoms with Gasteiger partial charge in [-0.2, -0.15) is 0 Å². The Bertz CT molecular complexity index is 375. The predicted octanol–water partition coefficient (Wildman–Crippen LogP) is 1.62. The average Bonchev–Trinajstić information content (AvgIpc) is 2.24. The summed E-state index contributed by atoms with van der Waals surface area (Å²) in [6.45, 7) is 1.41. The Hall–Kier alpha value is -1.00. The molecule has 0 saturated carbocycles. The van der Waals surface area contributed by atoms with Gasteiger partial charge in [0.15, 0.2) is 11.6 Å². The number of rotatable bonds is 2. The summed E-state index contributed by atoms with van der Waals surface area (Å²) in [6.07, 6.45) is 1.95. The second-order valence-corrected chi connectivity index (χ2v) is 4.43. The van der Waals surface area contributed by atoms with Gasteiger partial charge in [0.2, 0.25) is 0 Å². The Morgan fingerprint density at radius 2 is 2.12 bits per heavy atom. The van der Waals surface area contributed by atoms with Crippen molar-refractivity contribution in [2.45, 2.75) is 24.9 Å². The van der Waals surface area contributed by atoms with E-state index in [1.807, 2.05) is 0 Å². The number of β-amino-alcohol motifs (C(OH)–C–C–N with tert-alkyl or cyclic N) is 1. The van der Waals surface area contributed by atoms with Crippen LogP contribution in [0.25, 0.3) is 0 Å². The van der Waals surface area contributed by atoms with Gasteiger partial charge in [0.05, 0.1) is 5.60 Å². The first-order valence-corrected chi connectivity index (χ1v) is 5.46. The van der Waals surface area contributed by atoms with Crippen LogP contribution in [0.15, 0.2) is 18.2 Å². The third kappa shape index (κ3) is 2.57. The third-order valence-corrected chi connectivity index (χ3v) is 2.97. The highest BCUT2D eigenvalue weighted by molar-refractivity contribution is 5.20. The second kappa shape index (κ2) is 4.47. The number of piperidine rings is 1. The van der Waals surface area contributed by atoms with Crippen LogP contribution in [0.1, 0.15) is 18.4 Å². The molecule has 2 rings (SSSR count). The molecule has 1 aliphatic rings. The predicted molar refractivity (Wildman–Crippen MR) is 57.1 cm³/mol. The summed E-state index contributed by atoms with van der Waals surface area (Å²) in [5.41, 5.74) is -0.201. The van der Waals surface area contributed by atoms with Crippen molar-refractivity contribution >= 4 is 0 Å². The molecule has 88 valence electrons. The van der Waals surface area contributed by atoms with Gasteiger partial charge in [0, 0.05) is 13.0 Å². The molecule has 1 aliphatic heterocycles. The largest absolute Gasteiger partial charge is 0.388 e. The van der Waals surface area contributed by atoms with E-state index in [2.05, 4.69) is 5.32 Å². The molecular weight excluding hydrogens is 212 g/mol. The molecule has 1 aromatic rings. The topological polar surface area (TPSA) is 32.3 Å². The standard InChI is InChI=1S/C12H15F2NO/c13-10-3-2-9(6-11(10)14)7-12(16)4-1-5-15-8-12/h2-3,6,15-16H,1,4-5,7-8H2. The molecule has 16 heavy (non-hydrogen) atoms. The number of halogens is 2. The molecule has 1 fully saturated rings. The molecule has 1 atom stereocenters. The molecule has 1 heterocycles. The minimum Gasteiger partial charge on any atom is -0.388 e. The van der Waals surface area contributed by atoms with Crippen LogP contribution >= 0.6 is 0 Å². The molecule has 0 spiro atoms. The van der Waals surface area contributed by atoms with E-state index in [4.69, 9.17) is 0 Å². The van der Waals surface area contributed by atoms with Gasteiger partial charge in [-0.3, -0.25) is 0 Å². The minimum absolute atomic E-state index is 0.358. The summed E-state index contributed by atoms with van der Waals surface area (Å²) in [4.78, 5) is 0. The lowest BCUT2D eigenvalue weighted by molar-refractivity contribution is 0.0169. The van der Waals surface area contributed by atoms with Gasteiger partial charge in [-0.15, -0.1) is 0 Å². The van der Waals surface area contributed by atoms with Crippen LogP contribution in [0.3, 0.4) is 0 Å². The van der Waals surface area contributed by atoms with Gasteiger partial charge >= 0.3 is 0 Å². The van der Waals surface area contributed by atoms with Gasteiger partial charge in [0.1, 0.15) is 0 Å². The normalized spacial score (nSPS) is 25.7. The first-order chi connectivity index (χ1) is 7.59. The van der Waals surface area contributed by atoms with E-state index in [0.29, 0.717) is 24.9 Å². The minimum atomic E-state index is -0.857. The molecule has 0 bridgehead atoms. The highest BCUT2D eigenvalue weighted by Crippen LogP contribution is 2.22. The SMILES string of the molecule is OC1(Cc2ccc(F)c(F)c2)CCCNC1. The lowest BCUT2D eigenvalue weighted by Crippen LogP contribution is -2.47. The maximum absolute atomic E-state index is 13.0. The third-order valence-electron chi connectivity index (χ3n) is 2.97. The molecule has 0 amide bonds. The average molecular weight is 227 g/mol. The monoisotopic (exact) mass is 227 g/mol. The molecule has 4 heteroatoms. The van der Waals surface area contributed by atoms with E-state index in [9.17, 15) is 13.9 Å². The van der Waals surface area contributed by atoms with Crippen molar-refractivity contribution in [3.05, 3.63) is 35.4 Å². The Labute approximate surface area is 93.3 Å². The number of aliphatic hydroxyl groups is 1. The van der Waals surface area contributed by atoms with Crippen molar-refractivity contribution in [3.63, 3.8) is 0 Å². The van der Waals surface area contributed by atoms with Crippen LogP contribution in [0.4, 0.5) is 8.78 Å². The van der Waals surface area contributed by atoms with Crippen molar-refractivity contribution in [2.75, 3.05) is 13.1 Å². The highest BCUT2D eigenvalue weighted by atomic mass is 19.2. The van der Waals surface area contributed by atoms with Crippen LogP contribution in [-0.2, 0) is 6.42 Å². The molecular formula is C12H15F2NO. The molecule has 0 aromatic heterocycles. The molecule has 2 nitrogen and oxygen atoms in total. The van der Waals surface area contributed by atoms with Gasteiger partial charge in [-0.1, -0.05) is 6.07 Å². The quantitative estimate of drug-likeness (QED) is 0.804. The molecule has 1 aromatic carbocycles. The van der Waals surface area contributed by atoms with Gasteiger partial charge in [-0.25, -0.2) is 8.78 Å². The highest BCUT2D eigenvalue weighted by Gasteiger charge is 2.29. The molecule has 2 N–H and O–H groups in total. The fraction of sp³-hybridized carbons (Fsp3) is 0.500. The zero-order valence-electron chi connectivity index (χ0n) is 8.97. The maximum Gasteiger partial charge on any atom is 0.159 e. The Morgan fingerprint density at radius 3 is 2.75 bits per heavy atom. The molecule has 0 aliphatic carbocycles. The Morgan fingerprint density at radius 1 is 1.31 bits per heavy atom. The van der Waals surface area contributed by atoms with E-state index < -0.39 is 17.2 Å². The van der Waals surface area contributed by atoms with E-state index in [0.717, 1.165) is 25.1 Å². The van der Waals surface area contributed by atoms with Gasteiger partial charge < -0.3 is 10.4 Å². The molecule has 0 radical (unpaired) electrons. The lowest BCUT2D eigenvalue weighted by Gasteiger charge is -2.32. The van der Waals surface area contributed by atoms with E-state index in [-0.39, 0.29) is 0 Å². The second-order valence-electron chi connectivity index (χ2n) is 4.43. The first kappa shape index (κ1) is 11.5. The smallest absolute Gasteiger partial charge is 0.159 e. The van der Waals surface area contributed by atoms with E-state index in [1.165, 1.54) is 6.07 Å². The van der Waals surface area contributed by atoms with Crippen molar-refractivity contribution in [1.82, 2.24) is 5.32 Å². The van der Waals surface area contributed by atoms with Crippen molar-refractivity contribution in [1.29, 1.82) is 0 Å². The lowest BCUT2D eigenvalue weighted by atomic mass is 9.87. The van der Waals surface area contributed by atoms with Gasteiger partial charge in [0.25, 0.3) is 0 Å². The van der Waals surface area contributed by atoms with Crippen molar-refractivity contribution in [2.24, 2.45) is 0 Å². The van der Waals surface area contributed by atoms with Crippen LogP contribution < -0.4 is 5.32 Å². The maximum atomic E-state index is 13.0.